The van der Waals surface area contributed by atoms with Gasteiger partial charge < -0.3 is 5.11 Å². The molecule has 1 saturated carbocycles. The van der Waals surface area contributed by atoms with Crippen molar-refractivity contribution in [1.82, 2.24) is 0 Å². The molecule has 1 aromatic carbocycles. The summed E-state index contributed by atoms with van der Waals surface area (Å²) < 4.78 is 0. The molecule has 1 atom stereocenters. The van der Waals surface area contributed by atoms with Gasteiger partial charge in [0.15, 0.2) is 0 Å². The summed E-state index contributed by atoms with van der Waals surface area (Å²) in [7, 11) is 0. The molecule has 2 rings (SSSR count). The van der Waals surface area contributed by atoms with Gasteiger partial charge in [0.2, 0.25) is 0 Å². The molecule has 1 aliphatic carbocycles. The van der Waals surface area contributed by atoms with Crippen molar-refractivity contribution in [2.75, 3.05) is 0 Å². The van der Waals surface area contributed by atoms with E-state index in [9.17, 15) is 4.79 Å². The summed E-state index contributed by atoms with van der Waals surface area (Å²) in [5, 5.41) is 8.77. The van der Waals surface area contributed by atoms with Crippen LogP contribution in [0.2, 0.25) is 0 Å². The quantitative estimate of drug-likeness (QED) is 0.808. The molecule has 1 N–H and O–H groups in total. The number of carboxylic acids is 1. The number of carbonyl (C=O) groups is 1. The van der Waals surface area contributed by atoms with Gasteiger partial charge >= 0.3 is 5.97 Å². The standard InChI is InChI=1S/C15H18O2/c16-15(17)11-14-8-4-7-13(10-14)9-12-5-2-1-3-6-12/h1-3,5-6,11,13H,4,7-10H2,(H,16,17)/b14-11+/t13-/m1/s1. The zero-order valence-corrected chi connectivity index (χ0v) is 9.93. The third kappa shape index (κ3) is 3.74. The van der Waals surface area contributed by atoms with Crippen molar-refractivity contribution in [3.8, 4) is 0 Å². The van der Waals surface area contributed by atoms with E-state index in [4.69, 9.17) is 5.11 Å². The van der Waals surface area contributed by atoms with Crippen LogP contribution >= 0.6 is 0 Å². The molecule has 0 radical (unpaired) electrons. The van der Waals surface area contributed by atoms with Crippen LogP contribution in [0.25, 0.3) is 0 Å². The second kappa shape index (κ2) is 5.67. The van der Waals surface area contributed by atoms with Gasteiger partial charge in [0.1, 0.15) is 0 Å². The average Bonchev–Trinajstić information content (AvgIpc) is 2.30. The van der Waals surface area contributed by atoms with E-state index in [1.807, 2.05) is 6.07 Å². The molecule has 0 bridgehead atoms. The Kier molecular flexibility index (Phi) is 3.97. The lowest BCUT2D eigenvalue weighted by Gasteiger charge is -2.24. The average molecular weight is 230 g/mol. The number of hydrogen-bond acceptors (Lipinski definition) is 1. The topological polar surface area (TPSA) is 37.3 Å². The van der Waals surface area contributed by atoms with Crippen molar-refractivity contribution in [3.05, 3.63) is 47.5 Å². The summed E-state index contributed by atoms with van der Waals surface area (Å²) >= 11 is 0. The van der Waals surface area contributed by atoms with Crippen LogP contribution < -0.4 is 0 Å². The third-order valence-electron chi connectivity index (χ3n) is 3.36. The van der Waals surface area contributed by atoms with E-state index in [0.29, 0.717) is 5.92 Å². The van der Waals surface area contributed by atoms with E-state index in [1.54, 1.807) is 0 Å². The van der Waals surface area contributed by atoms with Crippen molar-refractivity contribution in [1.29, 1.82) is 0 Å². The molecule has 90 valence electrons. The van der Waals surface area contributed by atoms with E-state index in [0.717, 1.165) is 31.3 Å². The van der Waals surface area contributed by atoms with E-state index in [-0.39, 0.29) is 0 Å². The summed E-state index contributed by atoms with van der Waals surface area (Å²) in [6.45, 7) is 0. The van der Waals surface area contributed by atoms with Gasteiger partial charge in [-0.25, -0.2) is 4.79 Å². The third-order valence-corrected chi connectivity index (χ3v) is 3.36. The van der Waals surface area contributed by atoms with Crippen molar-refractivity contribution in [3.63, 3.8) is 0 Å². The van der Waals surface area contributed by atoms with Crippen LogP contribution in [0.5, 0.6) is 0 Å². The van der Waals surface area contributed by atoms with Gasteiger partial charge in [-0.15, -0.1) is 0 Å². The van der Waals surface area contributed by atoms with Crippen LogP contribution in [0.3, 0.4) is 0 Å². The SMILES string of the molecule is O=C(O)/C=C1\CCC[C@H](Cc2ccccc2)C1. The number of rotatable bonds is 3. The van der Waals surface area contributed by atoms with E-state index >= 15 is 0 Å². The predicted octanol–water partition coefficient (Wildman–Crippen LogP) is 3.43. The van der Waals surface area contributed by atoms with Gasteiger partial charge in [-0.1, -0.05) is 35.9 Å². The first kappa shape index (κ1) is 11.9. The lowest BCUT2D eigenvalue weighted by molar-refractivity contribution is -0.131. The second-order valence-electron chi connectivity index (χ2n) is 4.79. The maximum absolute atomic E-state index is 10.7. The Morgan fingerprint density at radius 2 is 2.12 bits per heavy atom. The Morgan fingerprint density at radius 3 is 2.82 bits per heavy atom. The molecular weight excluding hydrogens is 212 g/mol. The molecule has 1 fully saturated rings. The van der Waals surface area contributed by atoms with Crippen molar-refractivity contribution in [2.24, 2.45) is 5.92 Å². The fourth-order valence-corrected chi connectivity index (χ4v) is 2.62. The van der Waals surface area contributed by atoms with Crippen molar-refractivity contribution in [2.45, 2.75) is 32.1 Å². The van der Waals surface area contributed by atoms with Crippen LogP contribution in [0.4, 0.5) is 0 Å². The Hall–Kier alpha value is -1.57. The van der Waals surface area contributed by atoms with E-state index in [2.05, 4.69) is 24.3 Å². The van der Waals surface area contributed by atoms with Crippen LogP contribution in [-0.2, 0) is 11.2 Å². The summed E-state index contributed by atoms with van der Waals surface area (Å²) in [5.74, 6) is -0.197. The highest BCUT2D eigenvalue weighted by Gasteiger charge is 2.17. The lowest BCUT2D eigenvalue weighted by Crippen LogP contribution is -2.12. The maximum Gasteiger partial charge on any atom is 0.328 e. The minimum absolute atomic E-state index is 0.608. The van der Waals surface area contributed by atoms with Crippen molar-refractivity contribution < 1.29 is 9.90 Å². The van der Waals surface area contributed by atoms with Crippen LogP contribution in [0.1, 0.15) is 31.2 Å². The highest BCUT2D eigenvalue weighted by molar-refractivity contribution is 5.80. The Balaban J connectivity index is 1.96. The summed E-state index contributed by atoms with van der Waals surface area (Å²) in [6, 6.07) is 10.4. The Labute approximate surface area is 102 Å². The van der Waals surface area contributed by atoms with Gasteiger partial charge in [0.05, 0.1) is 0 Å². The van der Waals surface area contributed by atoms with Crippen LogP contribution in [0, 0.1) is 5.92 Å². The van der Waals surface area contributed by atoms with Gasteiger partial charge in [0, 0.05) is 6.08 Å². The van der Waals surface area contributed by atoms with Gasteiger partial charge in [-0.2, -0.15) is 0 Å². The summed E-state index contributed by atoms with van der Waals surface area (Å²) in [6.07, 6.45) is 6.70. The van der Waals surface area contributed by atoms with E-state index in [1.165, 1.54) is 18.1 Å². The minimum Gasteiger partial charge on any atom is -0.478 e. The number of hydrogen-bond donors (Lipinski definition) is 1. The fraction of sp³-hybridized carbons (Fsp3) is 0.400. The minimum atomic E-state index is -0.805. The Bertz CT molecular complexity index is 406. The van der Waals surface area contributed by atoms with E-state index < -0.39 is 5.97 Å². The normalized spacial score (nSPS) is 22.6. The Morgan fingerprint density at radius 1 is 1.35 bits per heavy atom. The number of allylic oxidation sites excluding steroid dienone is 1. The molecule has 0 heterocycles. The van der Waals surface area contributed by atoms with Gasteiger partial charge in [-0.05, 0) is 43.6 Å². The largest absolute Gasteiger partial charge is 0.478 e. The first-order valence-electron chi connectivity index (χ1n) is 6.20. The predicted molar refractivity (Wildman–Crippen MR) is 67.8 cm³/mol. The molecular formula is C15H18O2. The molecule has 0 spiro atoms. The molecule has 1 aromatic rings. The monoisotopic (exact) mass is 230 g/mol. The number of carboxylic acid groups (broad SMARTS) is 1. The summed E-state index contributed by atoms with van der Waals surface area (Å²) in [5.41, 5.74) is 2.46. The molecule has 0 amide bonds. The molecule has 0 unspecified atom stereocenters. The zero-order valence-electron chi connectivity index (χ0n) is 9.93. The molecule has 17 heavy (non-hydrogen) atoms. The lowest BCUT2D eigenvalue weighted by atomic mass is 9.82. The zero-order chi connectivity index (χ0) is 12.1. The van der Waals surface area contributed by atoms with Gasteiger partial charge in [-0.3, -0.25) is 0 Å². The van der Waals surface area contributed by atoms with Crippen LogP contribution in [-0.4, -0.2) is 11.1 Å². The van der Waals surface area contributed by atoms with Crippen LogP contribution in [0.15, 0.2) is 42.0 Å². The summed E-state index contributed by atoms with van der Waals surface area (Å²) in [4.78, 5) is 10.7. The molecule has 1 aliphatic rings. The smallest absolute Gasteiger partial charge is 0.328 e. The molecule has 0 aromatic heterocycles. The second-order valence-corrected chi connectivity index (χ2v) is 4.79. The first-order valence-corrected chi connectivity index (χ1v) is 6.20. The van der Waals surface area contributed by atoms with Crippen molar-refractivity contribution >= 4 is 5.97 Å². The van der Waals surface area contributed by atoms with Gasteiger partial charge in [0.25, 0.3) is 0 Å². The fourth-order valence-electron chi connectivity index (χ4n) is 2.62. The first-order chi connectivity index (χ1) is 8.24. The molecule has 2 heteroatoms. The highest BCUT2D eigenvalue weighted by atomic mass is 16.4. The highest BCUT2D eigenvalue weighted by Crippen LogP contribution is 2.30. The molecule has 0 aliphatic heterocycles. The molecule has 2 nitrogen and oxygen atoms in total. The molecule has 0 saturated heterocycles. The number of aliphatic carboxylic acids is 1. The number of benzene rings is 1. The maximum atomic E-state index is 10.7.